The number of aromatic nitrogens is 3. The van der Waals surface area contributed by atoms with Crippen molar-refractivity contribution in [2.24, 2.45) is 23.9 Å². The fourth-order valence-electron chi connectivity index (χ4n) is 3.16. The van der Waals surface area contributed by atoms with Crippen molar-refractivity contribution in [2.45, 2.75) is 52.5 Å². The molecule has 1 aliphatic rings. The molecule has 2 N–H and O–H groups in total. The summed E-state index contributed by atoms with van der Waals surface area (Å²) in [4.78, 5) is 4.59. The Kier molecular flexibility index (Phi) is 6.68. The van der Waals surface area contributed by atoms with Crippen LogP contribution in [0.15, 0.2) is 11.3 Å². The van der Waals surface area contributed by atoms with Crippen LogP contribution >= 0.6 is 0 Å². The van der Waals surface area contributed by atoms with E-state index in [2.05, 4.69) is 39.7 Å². The molecule has 1 aliphatic carbocycles. The number of aryl methyl sites for hydroxylation is 1. The minimum absolute atomic E-state index is 0.548. The van der Waals surface area contributed by atoms with E-state index in [4.69, 9.17) is 0 Å². The third-order valence-electron chi connectivity index (χ3n) is 4.42. The van der Waals surface area contributed by atoms with Gasteiger partial charge in [-0.2, -0.15) is 0 Å². The first-order chi connectivity index (χ1) is 10.7. The molecule has 2 unspecified atom stereocenters. The minimum Gasteiger partial charge on any atom is -0.357 e. The zero-order valence-corrected chi connectivity index (χ0v) is 14.2. The average molecular weight is 306 g/mol. The zero-order valence-electron chi connectivity index (χ0n) is 14.2. The molecule has 1 heterocycles. The third-order valence-corrected chi connectivity index (χ3v) is 4.42. The number of nitrogens with zero attached hydrogens (tertiary/aromatic N) is 4. The molecule has 6 heteroatoms. The molecule has 0 spiro atoms. The molecule has 1 fully saturated rings. The SMILES string of the molecule is CCNC(=NCc1nncn1C)NCCC1CCCC(C)C1. The van der Waals surface area contributed by atoms with E-state index in [1.54, 1.807) is 6.33 Å². The molecule has 22 heavy (non-hydrogen) atoms. The van der Waals surface area contributed by atoms with Gasteiger partial charge >= 0.3 is 0 Å². The van der Waals surface area contributed by atoms with Gasteiger partial charge in [0.2, 0.25) is 0 Å². The molecule has 1 aromatic heterocycles. The van der Waals surface area contributed by atoms with E-state index in [1.807, 2.05) is 11.6 Å². The largest absolute Gasteiger partial charge is 0.357 e. The van der Waals surface area contributed by atoms with Crippen LogP contribution in [0.3, 0.4) is 0 Å². The highest BCUT2D eigenvalue weighted by Crippen LogP contribution is 2.30. The van der Waals surface area contributed by atoms with E-state index in [0.717, 1.165) is 36.7 Å². The van der Waals surface area contributed by atoms with Crippen LogP contribution in [0.4, 0.5) is 0 Å². The van der Waals surface area contributed by atoms with Crippen molar-refractivity contribution in [3.8, 4) is 0 Å². The van der Waals surface area contributed by atoms with E-state index in [9.17, 15) is 0 Å². The Hall–Kier alpha value is -1.59. The van der Waals surface area contributed by atoms with Gasteiger partial charge in [0, 0.05) is 20.1 Å². The highest BCUT2D eigenvalue weighted by molar-refractivity contribution is 5.79. The third kappa shape index (κ3) is 5.31. The molecule has 0 saturated heterocycles. The summed E-state index contributed by atoms with van der Waals surface area (Å²) in [7, 11) is 1.94. The smallest absolute Gasteiger partial charge is 0.191 e. The second-order valence-electron chi connectivity index (χ2n) is 6.41. The molecule has 2 rings (SSSR count). The Morgan fingerprint density at radius 2 is 2.27 bits per heavy atom. The van der Waals surface area contributed by atoms with Crippen molar-refractivity contribution in [1.82, 2.24) is 25.4 Å². The normalized spacial score (nSPS) is 22.6. The highest BCUT2D eigenvalue weighted by Gasteiger charge is 2.18. The number of hydrogen-bond acceptors (Lipinski definition) is 3. The molecule has 1 aromatic rings. The van der Waals surface area contributed by atoms with Gasteiger partial charge in [0.25, 0.3) is 0 Å². The van der Waals surface area contributed by atoms with Crippen LogP contribution in [0.2, 0.25) is 0 Å². The number of aliphatic imine (C=N–C) groups is 1. The molecule has 1 saturated carbocycles. The second-order valence-corrected chi connectivity index (χ2v) is 6.41. The van der Waals surface area contributed by atoms with E-state index in [0.29, 0.717) is 6.54 Å². The maximum absolute atomic E-state index is 4.59. The molecule has 0 radical (unpaired) electrons. The predicted molar refractivity (Wildman–Crippen MR) is 89.6 cm³/mol. The molecule has 0 aromatic carbocycles. The standard InChI is InChI=1S/C16H30N6/c1-4-17-16(19-11-15-21-20-12-22(15)3)18-9-8-14-7-5-6-13(2)10-14/h12-14H,4-11H2,1-3H3,(H2,17,18,19). The minimum atomic E-state index is 0.548. The first-order valence-electron chi connectivity index (χ1n) is 8.54. The molecule has 6 nitrogen and oxygen atoms in total. The van der Waals surface area contributed by atoms with Gasteiger partial charge in [0.15, 0.2) is 11.8 Å². The molecular weight excluding hydrogens is 276 g/mol. The van der Waals surface area contributed by atoms with Gasteiger partial charge in [-0.3, -0.25) is 0 Å². The van der Waals surface area contributed by atoms with Crippen molar-refractivity contribution >= 4 is 5.96 Å². The topological polar surface area (TPSA) is 67.1 Å². The Bertz CT molecular complexity index is 467. The van der Waals surface area contributed by atoms with Crippen LogP contribution in [-0.4, -0.2) is 33.8 Å². The molecule has 124 valence electrons. The number of hydrogen-bond donors (Lipinski definition) is 2. The van der Waals surface area contributed by atoms with E-state index in [1.165, 1.54) is 32.1 Å². The van der Waals surface area contributed by atoms with E-state index >= 15 is 0 Å². The molecule has 0 bridgehead atoms. The lowest BCUT2D eigenvalue weighted by molar-refractivity contribution is 0.270. The number of rotatable bonds is 6. The fraction of sp³-hybridized carbons (Fsp3) is 0.812. The van der Waals surface area contributed by atoms with E-state index in [-0.39, 0.29) is 0 Å². The maximum Gasteiger partial charge on any atom is 0.191 e. The summed E-state index contributed by atoms with van der Waals surface area (Å²) in [5.74, 6) is 3.52. The van der Waals surface area contributed by atoms with Gasteiger partial charge in [-0.1, -0.05) is 26.2 Å². The van der Waals surface area contributed by atoms with Crippen LogP contribution in [-0.2, 0) is 13.6 Å². The average Bonchev–Trinajstić information content (AvgIpc) is 2.90. The summed E-state index contributed by atoms with van der Waals surface area (Å²) in [6.45, 7) is 6.87. The lowest BCUT2D eigenvalue weighted by atomic mass is 9.81. The van der Waals surface area contributed by atoms with Gasteiger partial charge in [-0.25, -0.2) is 4.99 Å². The molecule has 0 amide bonds. The first-order valence-corrected chi connectivity index (χ1v) is 8.54. The van der Waals surface area contributed by atoms with E-state index < -0.39 is 0 Å². The van der Waals surface area contributed by atoms with Crippen molar-refractivity contribution in [3.05, 3.63) is 12.2 Å². The van der Waals surface area contributed by atoms with Crippen LogP contribution in [0.25, 0.3) is 0 Å². The summed E-state index contributed by atoms with van der Waals surface area (Å²) >= 11 is 0. The highest BCUT2D eigenvalue weighted by atomic mass is 15.3. The van der Waals surface area contributed by atoms with Crippen molar-refractivity contribution in [2.75, 3.05) is 13.1 Å². The number of nitrogens with one attached hydrogen (secondary N) is 2. The monoisotopic (exact) mass is 306 g/mol. The fourth-order valence-corrected chi connectivity index (χ4v) is 3.16. The summed E-state index contributed by atoms with van der Waals surface area (Å²) in [6.07, 6.45) is 8.51. The molecule has 2 atom stereocenters. The van der Waals surface area contributed by atoms with Crippen LogP contribution in [0.5, 0.6) is 0 Å². The Morgan fingerprint density at radius 1 is 1.41 bits per heavy atom. The lowest BCUT2D eigenvalue weighted by Crippen LogP contribution is -2.38. The van der Waals surface area contributed by atoms with Gasteiger partial charge in [0.1, 0.15) is 12.9 Å². The summed E-state index contributed by atoms with van der Waals surface area (Å²) in [5.41, 5.74) is 0. The van der Waals surface area contributed by atoms with Crippen molar-refractivity contribution < 1.29 is 0 Å². The summed E-state index contributed by atoms with van der Waals surface area (Å²) < 4.78 is 1.90. The summed E-state index contributed by atoms with van der Waals surface area (Å²) in [6, 6.07) is 0. The summed E-state index contributed by atoms with van der Waals surface area (Å²) in [5, 5.41) is 14.7. The predicted octanol–water partition coefficient (Wildman–Crippen LogP) is 2.09. The van der Waals surface area contributed by atoms with Crippen LogP contribution < -0.4 is 10.6 Å². The first kappa shape index (κ1) is 16.8. The molecule has 0 aliphatic heterocycles. The quantitative estimate of drug-likeness (QED) is 0.624. The van der Waals surface area contributed by atoms with Gasteiger partial charge in [0.05, 0.1) is 0 Å². The Labute approximate surface area is 133 Å². The van der Waals surface area contributed by atoms with Gasteiger partial charge in [-0.05, 0) is 31.6 Å². The van der Waals surface area contributed by atoms with Gasteiger partial charge in [-0.15, -0.1) is 10.2 Å². The van der Waals surface area contributed by atoms with Crippen LogP contribution in [0, 0.1) is 11.8 Å². The zero-order chi connectivity index (χ0) is 15.8. The molecular formula is C16H30N6. The second kappa shape index (κ2) is 8.76. The van der Waals surface area contributed by atoms with Crippen molar-refractivity contribution in [3.63, 3.8) is 0 Å². The Morgan fingerprint density at radius 3 is 2.95 bits per heavy atom. The number of guanidine groups is 1. The maximum atomic E-state index is 4.59. The Balaban J connectivity index is 1.77. The van der Waals surface area contributed by atoms with Crippen LogP contribution in [0.1, 0.15) is 51.8 Å². The lowest BCUT2D eigenvalue weighted by Gasteiger charge is -2.26. The van der Waals surface area contributed by atoms with Gasteiger partial charge < -0.3 is 15.2 Å². The van der Waals surface area contributed by atoms with Crippen molar-refractivity contribution in [1.29, 1.82) is 0 Å².